The predicted molar refractivity (Wildman–Crippen MR) is 72.7 cm³/mol. The van der Waals surface area contributed by atoms with Crippen LogP contribution in [0.3, 0.4) is 0 Å². The number of hydrogen-bond acceptors (Lipinski definition) is 7. The van der Waals surface area contributed by atoms with Crippen molar-refractivity contribution in [2.75, 3.05) is 0 Å². The molecule has 0 fully saturated rings. The molecule has 9 nitrogen and oxygen atoms in total. The van der Waals surface area contributed by atoms with Crippen molar-refractivity contribution in [1.82, 2.24) is 29.6 Å². The Kier molecular flexibility index (Phi) is 3.01. The molecule has 3 aromatic heterocycles. The number of fused-ring (bicyclic) bond motifs is 1. The molecule has 3 rings (SSSR count). The number of carbonyl (C=O) groups is 1. The van der Waals surface area contributed by atoms with Gasteiger partial charge in [0.05, 0.1) is 12.2 Å². The highest BCUT2D eigenvalue weighted by Crippen LogP contribution is 2.14. The minimum atomic E-state index is -1.13. The van der Waals surface area contributed by atoms with Crippen molar-refractivity contribution >= 4 is 22.3 Å². The fourth-order valence-electron chi connectivity index (χ4n) is 1.86. The molecule has 21 heavy (non-hydrogen) atoms. The molecule has 3 heterocycles. The average Bonchev–Trinajstić information content (AvgIpc) is 2.94. The van der Waals surface area contributed by atoms with E-state index >= 15 is 0 Å². The fraction of sp³-hybridized carbons (Fsp3) is 0.273. The second-order valence-corrected chi connectivity index (χ2v) is 5.45. The van der Waals surface area contributed by atoms with Crippen LogP contribution in [0.2, 0.25) is 0 Å². The molecule has 0 aromatic carbocycles. The van der Waals surface area contributed by atoms with E-state index in [0.717, 1.165) is 0 Å². The van der Waals surface area contributed by atoms with Gasteiger partial charge in [-0.3, -0.25) is 4.79 Å². The van der Waals surface area contributed by atoms with Crippen LogP contribution < -0.4 is 5.56 Å². The van der Waals surface area contributed by atoms with Gasteiger partial charge in [0.1, 0.15) is 5.01 Å². The summed E-state index contributed by atoms with van der Waals surface area (Å²) in [5.74, 6) is -1.13. The first-order valence-electron chi connectivity index (χ1n) is 5.95. The van der Waals surface area contributed by atoms with Crippen LogP contribution >= 0.6 is 11.3 Å². The summed E-state index contributed by atoms with van der Waals surface area (Å²) in [6.07, 6.45) is 0. The molecule has 0 aliphatic heterocycles. The Morgan fingerprint density at radius 2 is 2.19 bits per heavy atom. The highest BCUT2D eigenvalue weighted by atomic mass is 32.1. The molecule has 0 spiro atoms. The first-order valence-corrected chi connectivity index (χ1v) is 6.77. The van der Waals surface area contributed by atoms with Crippen molar-refractivity contribution in [3.63, 3.8) is 0 Å². The molecule has 0 aliphatic carbocycles. The molecule has 0 unspecified atom stereocenters. The van der Waals surface area contributed by atoms with E-state index in [2.05, 4.69) is 20.4 Å². The van der Waals surface area contributed by atoms with Gasteiger partial charge in [0.25, 0.3) is 5.56 Å². The second-order valence-electron chi connectivity index (χ2n) is 4.41. The van der Waals surface area contributed by atoms with E-state index in [4.69, 9.17) is 5.11 Å². The highest BCUT2D eigenvalue weighted by molar-refractivity contribution is 7.16. The van der Waals surface area contributed by atoms with Crippen molar-refractivity contribution in [2.24, 2.45) is 0 Å². The number of nitrogens with zero attached hydrogens (tertiary/aromatic N) is 6. The molecule has 1 N–H and O–H groups in total. The minimum Gasteiger partial charge on any atom is -0.476 e. The number of aromatic carboxylic acids is 1. The highest BCUT2D eigenvalue weighted by Gasteiger charge is 2.16. The van der Waals surface area contributed by atoms with Gasteiger partial charge >= 0.3 is 5.97 Å². The first kappa shape index (κ1) is 13.4. The summed E-state index contributed by atoms with van der Waals surface area (Å²) in [5, 5.41) is 21.1. The van der Waals surface area contributed by atoms with Gasteiger partial charge in [0, 0.05) is 11.8 Å². The lowest BCUT2D eigenvalue weighted by Crippen LogP contribution is -2.14. The molecule has 0 radical (unpaired) electrons. The van der Waals surface area contributed by atoms with Gasteiger partial charge in [-0.05, 0) is 13.8 Å². The molecule has 0 amide bonds. The van der Waals surface area contributed by atoms with Crippen molar-refractivity contribution in [1.29, 1.82) is 0 Å². The summed E-state index contributed by atoms with van der Waals surface area (Å²) in [5.41, 5.74) is 0.710. The van der Waals surface area contributed by atoms with Crippen LogP contribution in [0.5, 0.6) is 0 Å². The quantitative estimate of drug-likeness (QED) is 0.730. The Balaban J connectivity index is 2.01. The van der Waals surface area contributed by atoms with Gasteiger partial charge in [-0.1, -0.05) is 16.6 Å². The molecule has 3 aromatic rings. The van der Waals surface area contributed by atoms with Gasteiger partial charge in [0.15, 0.2) is 5.69 Å². The number of carboxylic acid groups (broad SMARTS) is 1. The lowest BCUT2D eigenvalue weighted by molar-refractivity contribution is 0.0689. The van der Waals surface area contributed by atoms with E-state index in [1.165, 1.54) is 26.6 Å². The topological polar surface area (TPSA) is 115 Å². The maximum absolute atomic E-state index is 11.8. The average molecular weight is 306 g/mol. The summed E-state index contributed by atoms with van der Waals surface area (Å²) in [7, 11) is 0. The summed E-state index contributed by atoms with van der Waals surface area (Å²) >= 11 is 1.25. The van der Waals surface area contributed by atoms with E-state index in [-0.39, 0.29) is 17.8 Å². The summed E-state index contributed by atoms with van der Waals surface area (Å²) < 4.78 is 2.65. The van der Waals surface area contributed by atoms with Crippen LogP contribution in [0.1, 0.15) is 26.9 Å². The first-order chi connectivity index (χ1) is 9.95. The lowest BCUT2D eigenvalue weighted by Gasteiger charge is -1.98. The van der Waals surface area contributed by atoms with Crippen LogP contribution in [0, 0.1) is 13.8 Å². The van der Waals surface area contributed by atoms with Crippen molar-refractivity contribution in [2.45, 2.75) is 20.4 Å². The van der Waals surface area contributed by atoms with E-state index in [1.807, 2.05) is 0 Å². The minimum absolute atomic E-state index is 0.0951. The van der Waals surface area contributed by atoms with Crippen molar-refractivity contribution in [3.8, 4) is 0 Å². The van der Waals surface area contributed by atoms with Crippen LogP contribution in [0.4, 0.5) is 0 Å². The normalized spacial score (nSPS) is 11.1. The summed E-state index contributed by atoms with van der Waals surface area (Å²) in [6, 6.07) is 1.40. The molecule has 0 aliphatic rings. The Morgan fingerprint density at radius 3 is 2.86 bits per heavy atom. The zero-order chi connectivity index (χ0) is 15.1. The van der Waals surface area contributed by atoms with E-state index in [0.29, 0.717) is 21.4 Å². The SMILES string of the molecule is Cc1cc(=O)n2nc(Cn3nnc(C(=O)O)c3C)sc2n1. The predicted octanol–water partition coefficient (Wildman–Crippen LogP) is 0.106. The Morgan fingerprint density at radius 1 is 1.43 bits per heavy atom. The Labute approximate surface area is 121 Å². The number of hydrogen-bond donors (Lipinski definition) is 1. The summed E-state index contributed by atoms with van der Waals surface area (Å²) in [6.45, 7) is 3.59. The van der Waals surface area contributed by atoms with Gasteiger partial charge in [-0.2, -0.15) is 9.61 Å². The third-order valence-electron chi connectivity index (χ3n) is 2.89. The lowest BCUT2D eigenvalue weighted by atomic mass is 10.3. The van der Waals surface area contributed by atoms with E-state index < -0.39 is 5.97 Å². The maximum Gasteiger partial charge on any atom is 0.358 e. The second kappa shape index (κ2) is 4.74. The van der Waals surface area contributed by atoms with Crippen LogP contribution in [-0.4, -0.2) is 40.7 Å². The molecule has 0 atom stereocenters. The summed E-state index contributed by atoms with van der Waals surface area (Å²) in [4.78, 5) is 27.4. The third-order valence-corrected chi connectivity index (χ3v) is 3.78. The maximum atomic E-state index is 11.8. The molecular weight excluding hydrogens is 296 g/mol. The van der Waals surface area contributed by atoms with Gasteiger partial charge < -0.3 is 5.11 Å². The molecule has 108 valence electrons. The molecular formula is C11H10N6O3S. The smallest absolute Gasteiger partial charge is 0.358 e. The standard InChI is InChI=1S/C11H10N6O3S/c1-5-3-8(18)17-11(12-5)21-7(14-17)4-16-6(2)9(10(19)20)13-15-16/h3H,4H2,1-2H3,(H,19,20). The van der Waals surface area contributed by atoms with Gasteiger partial charge in [-0.15, -0.1) is 5.10 Å². The van der Waals surface area contributed by atoms with Crippen LogP contribution in [0.15, 0.2) is 10.9 Å². The fourth-order valence-corrected chi connectivity index (χ4v) is 2.79. The number of carboxylic acids is 1. The van der Waals surface area contributed by atoms with E-state index in [9.17, 15) is 9.59 Å². The monoisotopic (exact) mass is 306 g/mol. The number of aryl methyl sites for hydroxylation is 1. The molecule has 0 saturated heterocycles. The Bertz CT molecular complexity index is 908. The zero-order valence-electron chi connectivity index (χ0n) is 11.1. The van der Waals surface area contributed by atoms with Crippen LogP contribution in [-0.2, 0) is 6.54 Å². The van der Waals surface area contributed by atoms with Gasteiger partial charge in [-0.25, -0.2) is 14.5 Å². The molecule has 10 heteroatoms. The Hall–Kier alpha value is -2.62. The van der Waals surface area contributed by atoms with Crippen molar-refractivity contribution < 1.29 is 9.90 Å². The number of aromatic nitrogens is 6. The third kappa shape index (κ3) is 2.29. The van der Waals surface area contributed by atoms with Gasteiger partial charge in [0.2, 0.25) is 4.96 Å². The number of rotatable bonds is 3. The van der Waals surface area contributed by atoms with Crippen molar-refractivity contribution in [3.05, 3.63) is 38.5 Å². The van der Waals surface area contributed by atoms with E-state index in [1.54, 1.807) is 13.8 Å². The molecule has 0 saturated carbocycles. The zero-order valence-corrected chi connectivity index (χ0v) is 12.0. The molecule has 0 bridgehead atoms. The largest absolute Gasteiger partial charge is 0.476 e. The van der Waals surface area contributed by atoms with Crippen LogP contribution in [0.25, 0.3) is 4.96 Å².